The molecular formula is C15H22N2O. The number of amides is 1. The molecular weight excluding hydrogens is 224 g/mol. The number of carbonyl (C=O) groups excluding carboxylic acids is 1. The monoisotopic (exact) mass is 246 g/mol. The third-order valence-electron chi connectivity index (χ3n) is 4.16. The van der Waals surface area contributed by atoms with Crippen LogP contribution in [-0.2, 0) is 11.2 Å². The van der Waals surface area contributed by atoms with Gasteiger partial charge in [0.25, 0.3) is 0 Å². The smallest absolute Gasteiger partial charge is 0.231 e. The van der Waals surface area contributed by atoms with Gasteiger partial charge in [-0.25, -0.2) is 0 Å². The zero-order chi connectivity index (χ0) is 13.2. The lowest BCUT2D eigenvalue weighted by atomic mass is 9.68. The Kier molecular flexibility index (Phi) is 3.71. The summed E-state index contributed by atoms with van der Waals surface area (Å²) in [7, 11) is 0. The lowest BCUT2D eigenvalue weighted by molar-refractivity contribution is -0.129. The SMILES string of the molecule is CCc1ccc(NC(=O)C2(CN)CCC2)cc1C. The fraction of sp³-hybridized carbons (Fsp3) is 0.533. The van der Waals surface area contributed by atoms with Gasteiger partial charge in [0.15, 0.2) is 0 Å². The highest BCUT2D eigenvalue weighted by Crippen LogP contribution is 2.40. The third kappa shape index (κ3) is 2.27. The van der Waals surface area contributed by atoms with Gasteiger partial charge in [0, 0.05) is 12.2 Å². The first-order valence-corrected chi connectivity index (χ1v) is 6.72. The quantitative estimate of drug-likeness (QED) is 0.858. The molecule has 1 aromatic rings. The zero-order valence-electron chi connectivity index (χ0n) is 11.3. The molecule has 1 amide bonds. The number of nitrogens with one attached hydrogen (secondary N) is 1. The molecule has 0 radical (unpaired) electrons. The zero-order valence-corrected chi connectivity index (χ0v) is 11.3. The highest BCUT2D eigenvalue weighted by atomic mass is 16.2. The van der Waals surface area contributed by atoms with Crippen molar-refractivity contribution in [3.05, 3.63) is 29.3 Å². The van der Waals surface area contributed by atoms with E-state index in [4.69, 9.17) is 5.73 Å². The van der Waals surface area contributed by atoms with Gasteiger partial charge in [0.05, 0.1) is 5.41 Å². The number of benzene rings is 1. The summed E-state index contributed by atoms with van der Waals surface area (Å²) in [4.78, 5) is 12.2. The molecule has 3 heteroatoms. The van der Waals surface area contributed by atoms with E-state index in [0.29, 0.717) is 6.54 Å². The number of nitrogens with two attached hydrogens (primary N) is 1. The number of hydrogen-bond donors (Lipinski definition) is 2. The van der Waals surface area contributed by atoms with Gasteiger partial charge in [0.2, 0.25) is 5.91 Å². The molecule has 3 nitrogen and oxygen atoms in total. The first kappa shape index (κ1) is 13.1. The summed E-state index contributed by atoms with van der Waals surface area (Å²) in [6.45, 7) is 4.67. The van der Waals surface area contributed by atoms with Crippen LogP contribution in [0.5, 0.6) is 0 Å². The maximum atomic E-state index is 12.2. The van der Waals surface area contributed by atoms with Gasteiger partial charge >= 0.3 is 0 Å². The molecule has 18 heavy (non-hydrogen) atoms. The van der Waals surface area contributed by atoms with Crippen molar-refractivity contribution in [2.24, 2.45) is 11.1 Å². The molecule has 0 atom stereocenters. The number of carbonyl (C=O) groups is 1. The second-order valence-electron chi connectivity index (χ2n) is 5.29. The average Bonchev–Trinajstić information content (AvgIpc) is 2.28. The van der Waals surface area contributed by atoms with Gasteiger partial charge in [-0.05, 0) is 49.4 Å². The summed E-state index contributed by atoms with van der Waals surface area (Å²) >= 11 is 0. The summed E-state index contributed by atoms with van der Waals surface area (Å²) < 4.78 is 0. The van der Waals surface area contributed by atoms with Gasteiger partial charge in [0.1, 0.15) is 0 Å². The maximum Gasteiger partial charge on any atom is 0.231 e. The van der Waals surface area contributed by atoms with Gasteiger partial charge in [-0.15, -0.1) is 0 Å². The van der Waals surface area contributed by atoms with Crippen LogP contribution in [0.4, 0.5) is 5.69 Å². The fourth-order valence-electron chi connectivity index (χ4n) is 2.56. The Bertz CT molecular complexity index is 444. The first-order valence-electron chi connectivity index (χ1n) is 6.72. The Morgan fingerprint density at radius 3 is 2.61 bits per heavy atom. The van der Waals surface area contributed by atoms with E-state index in [1.165, 1.54) is 11.1 Å². The second kappa shape index (κ2) is 5.11. The van der Waals surface area contributed by atoms with Crippen molar-refractivity contribution in [2.45, 2.75) is 39.5 Å². The molecule has 0 heterocycles. The molecule has 98 valence electrons. The van der Waals surface area contributed by atoms with Crippen molar-refractivity contribution in [3.8, 4) is 0 Å². The van der Waals surface area contributed by atoms with Crippen molar-refractivity contribution in [3.63, 3.8) is 0 Å². The lowest BCUT2D eigenvalue weighted by Crippen LogP contribution is -2.47. The van der Waals surface area contributed by atoms with E-state index in [2.05, 4.69) is 25.2 Å². The number of hydrogen-bond acceptors (Lipinski definition) is 2. The van der Waals surface area contributed by atoms with E-state index in [9.17, 15) is 4.79 Å². The number of rotatable bonds is 4. The van der Waals surface area contributed by atoms with Crippen molar-refractivity contribution < 1.29 is 4.79 Å². The van der Waals surface area contributed by atoms with Crippen LogP contribution in [0.3, 0.4) is 0 Å². The molecule has 0 aliphatic heterocycles. The molecule has 1 aliphatic carbocycles. The Hall–Kier alpha value is -1.35. The van der Waals surface area contributed by atoms with E-state index in [1.54, 1.807) is 0 Å². The van der Waals surface area contributed by atoms with Crippen molar-refractivity contribution in [2.75, 3.05) is 11.9 Å². The van der Waals surface area contributed by atoms with Crippen LogP contribution in [0.25, 0.3) is 0 Å². The van der Waals surface area contributed by atoms with Crippen LogP contribution in [-0.4, -0.2) is 12.5 Å². The molecule has 2 rings (SSSR count). The molecule has 0 aromatic heterocycles. The summed E-state index contributed by atoms with van der Waals surface area (Å²) in [5, 5.41) is 3.01. The highest BCUT2D eigenvalue weighted by Gasteiger charge is 2.42. The molecule has 1 fully saturated rings. The molecule has 1 aliphatic rings. The predicted molar refractivity (Wildman–Crippen MR) is 74.5 cm³/mol. The van der Waals surface area contributed by atoms with Crippen LogP contribution >= 0.6 is 0 Å². The lowest BCUT2D eigenvalue weighted by Gasteiger charge is -2.39. The Morgan fingerprint density at radius 1 is 1.44 bits per heavy atom. The van der Waals surface area contributed by atoms with E-state index >= 15 is 0 Å². The predicted octanol–water partition coefficient (Wildman–Crippen LogP) is 2.62. The molecule has 1 aromatic carbocycles. The van der Waals surface area contributed by atoms with E-state index in [1.807, 2.05) is 12.1 Å². The van der Waals surface area contributed by atoms with Crippen LogP contribution in [0.1, 0.15) is 37.3 Å². The highest BCUT2D eigenvalue weighted by molar-refractivity contribution is 5.96. The Balaban J connectivity index is 2.10. The first-order chi connectivity index (χ1) is 8.61. The summed E-state index contributed by atoms with van der Waals surface area (Å²) in [5.74, 6) is 0.0832. The van der Waals surface area contributed by atoms with Crippen molar-refractivity contribution in [1.82, 2.24) is 0 Å². The van der Waals surface area contributed by atoms with Gasteiger partial charge in [-0.2, -0.15) is 0 Å². The van der Waals surface area contributed by atoms with Crippen LogP contribution in [0.2, 0.25) is 0 Å². The molecule has 0 spiro atoms. The average molecular weight is 246 g/mol. The van der Waals surface area contributed by atoms with Crippen molar-refractivity contribution >= 4 is 11.6 Å². The van der Waals surface area contributed by atoms with Crippen LogP contribution in [0, 0.1) is 12.3 Å². The topological polar surface area (TPSA) is 55.1 Å². The fourth-order valence-corrected chi connectivity index (χ4v) is 2.56. The molecule has 1 saturated carbocycles. The largest absolute Gasteiger partial charge is 0.329 e. The maximum absolute atomic E-state index is 12.2. The summed E-state index contributed by atoms with van der Waals surface area (Å²) in [6.07, 6.45) is 3.97. The standard InChI is InChI=1S/C15H22N2O/c1-3-12-5-6-13(9-11(12)2)17-14(18)15(10-16)7-4-8-15/h5-6,9H,3-4,7-8,10,16H2,1-2H3,(H,17,18). The Morgan fingerprint density at radius 2 is 2.17 bits per heavy atom. The Labute approximate surface area is 109 Å². The molecule has 3 N–H and O–H groups in total. The van der Waals surface area contributed by atoms with E-state index in [-0.39, 0.29) is 11.3 Å². The minimum Gasteiger partial charge on any atom is -0.329 e. The second-order valence-corrected chi connectivity index (χ2v) is 5.29. The van der Waals surface area contributed by atoms with Crippen LogP contribution in [0.15, 0.2) is 18.2 Å². The number of aryl methyl sites for hydroxylation is 2. The van der Waals surface area contributed by atoms with E-state index in [0.717, 1.165) is 31.4 Å². The molecule has 0 bridgehead atoms. The number of anilines is 1. The summed E-state index contributed by atoms with van der Waals surface area (Å²) in [5.41, 5.74) is 8.87. The summed E-state index contributed by atoms with van der Waals surface area (Å²) in [6, 6.07) is 6.10. The van der Waals surface area contributed by atoms with Crippen LogP contribution < -0.4 is 11.1 Å². The normalized spacial score (nSPS) is 17.1. The van der Waals surface area contributed by atoms with Gasteiger partial charge in [-0.3, -0.25) is 4.79 Å². The van der Waals surface area contributed by atoms with Gasteiger partial charge < -0.3 is 11.1 Å². The molecule has 0 saturated heterocycles. The van der Waals surface area contributed by atoms with Crippen molar-refractivity contribution in [1.29, 1.82) is 0 Å². The minimum absolute atomic E-state index is 0.0832. The van der Waals surface area contributed by atoms with E-state index < -0.39 is 0 Å². The molecule has 0 unspecified atom stereocenters. The van der Waals surface area contributed by atoms with Gasteiger partial charge in [-0.1, -0.05) is 19.4 Å². The minimum atomic E-state index is -0.308. The third-order valence-corrected chi connectivity index (χ3v) is 4.16.